The van der Waals surface area contributed by atoms with Crippen molar-refractivity contribution in [3.05, 3.63) is 57.8 Å². The highest BCUT2D eigenvalue weighted by Gasteiger charge is 2.24. The number of hydrogen-bond donors (Lipinski definition) is 1. The Kier molecular flexibility index (Phi) is 6.63. The summed E-state index contributed by atoms with van der Waals surface area (Å²) in [5.74, 6) is 0.0180. The Balaban J connectivity index is 0.00000192. The van der Waals surface area contributed by atoms with E-state index in [1.54, 1.807) is 11.3 Å². The van der Waals surface area contributed by atoms with Crippen LogP contribution in [0.1, 0.15) is 39.7 Å². The number of aryl methyl sites for hydroxylation is 1. The summed E-state index contributed by atoms with van der Waals surface area (Å²) in [5, 5.41) is 5.23. The SMILES string of the molecule is Cc1cccc(C(=O)NCC(c2cccs2)N2CCCC2)c1.Cl. The van der Waals surface area contributed by atoms with Gasteiger partial charge >= 0.3 is 0 Å². The highest BCUT2D eigenvalue weighted by atomic mass is 35.5. The molecule has 23 heavy (non-hydrogen) atoms. The van der Waals surface area contributed by atoms with Gasteiger partial charge in [-0.3, -0.25) is 9.69 Å². The van der Waals surface area contributed by atoms with E-state index in [1.807, 2.05) is 31.2 Å². The maximum absolute atomic E-state index is 12.4. The van der Waals surface area contributed by atoms with Gasteiger partial charge in [0.1, 0.15) is 0 Å². The first kappa shape index (κ1) is 18.0. The van der Waals surface area contributed by atoms with Crippen LogP contribution in [0.5, 0.6) is 0 Å². The van der Waals surface area contributed by atoms with E-state index in [1.165, 1.54) is 17.7 Å². The fourth-order valence-electron chi connectivity index (χ4n) is 3.02. The van der Waals surface area contributed by atoms with Gasteiger partial charge in [0.2, 0.25) is 0 Å². The summed E-state index contributed by atoms with van der Waals surface area (Å²) in [6, 6.07) is 12.3. The molecule has 1 amide bonds. The number of benzene rings is 1. The fraction of sp³-hybridized carbons (Fsp3) is 0.389. The largest absolute Gasteiger partial charge is 0.350 e. The first-order valence-electron chi connectivity index (χ1n) is 7.86. The van der Waals surface area contributed by atoms with Crippen molar-refractivity contribution < 1.29 is 4.79 Å². The summed E-state index contributed by atoms with van der Waals surface area (Å²) in [5.41, 5.74) is 1.85. The van der Waals surface area contributed by atoms with Crippen molar-refractivity contribution in [1.29, 1.82) is 0 Å². The van der Waals surface area contributed by atoms with Crippen molar-refractivity contribution in [3.8, 4) is 0 Å². The third-order valence-corrected chi connectivity index (χ3v) is 5.16. The van der Waals surface area contributed by atoms with Gasteiger partial charge < -0.3 is 5.32 Å². The Labute approximate surface area is 148 Å². The standard InChI is InChI=1S/C18H22N2OS.ClH/c1-14-6-4-7-15(12-14)18(21)19-13-16(17-8-5-11-22-17)20-9-2-3-10-20;/h4-8,11-12,16H,2-3,9-10,13H2,1H3,(H,19,21);1H. The van der Waals surface area contributed by atoms with Gasteiger partial charge in [0.15, 0.2) is 0 Å². The number of likely N-dealkylation sites (tertiary alicyclic amines) is 1. The maximum Gasteiger partial charge on any atom is 0.251 e. The normalized spacial score (nSPS) is 15.9. The Morgan fingerprint density at radius 1 is 1.26 bits per heavy atom. The maximum atomic E-state index is 12.4. The molecule has 3 nitrogen and oxygen atoms in total. The van der Waals surface area contributed by atoms with E-state index in [0.717, 1.165) is 24.2 Å². The lowest BCUT2D eigenvalue weighted by molar-refractivity contribution is 0.0938. The minimum absolute atomic E-state index is 0. The summed E-state index contributed by atoms with van der Waals surface area (Å²) in [4.78, 5) is 16.2. The summed E-state index contributed by atoms with van der Waals surface area (Å²) < 4.78 is 0. The van der Waals surface area contributed by atoms with Gasteiger partial charge in [0, 0.05) is 17.0 Å². The predicted molar refractivity (Wildman–Crippen MR) is 98.6 cm³/mol. The number of rotatable bonds is 5. The van der Waals surface area contributed by atoms with Gasteiger partial charge in [-0.05, 0) is 56.4 Å². The molecule has 0 radical (unpaired) electrons. The van der Waals surface area contributed by atoms with E-state index in [2.05, 4.69) is 27.7 Å². The minimum Gasteiger partial charge on any atom is -0.350 e. The van der Waals surface area contributed by atoms with Crippen molar-refractivity contribution in [2.24, 2.45) is 0 Å². The number of nitrogens with zero attached hydrogens (tertiary/aromatic N) is 1. The third-order valence-electron chi connectivity index (χ3n) is 4.19. The van der Waals surface area contributed by atoms with Crippen molar-refractivity contribution in [1.82, 2.24) is 10.2 Å². The van der Waals surface area contributed by atoms with E-state index < -0.39 is 0 Å². The molecule has 5 heteroatoms. The number of carbonyl (C=O) groups excluding carboxylic acids is 1. The average molecular weight is 351 g/mol. The quantitative estimate of drug-likeness (QED) is 0.882. The summed E-state index contributed by atoms with van der Waals surface area (Å²) in [6.45, 7) is 4.94. The Hall–Kier alpha value is -1.36. The van der Waals surface area contributed by atoms with Crippen molar-refractivity contribution >= 4 is 29.7 Å². The molecule has 1 unspecified atom stereocenters. The molecule has 0 bridgehead atoms. The van der Waals surface area contributed by atoms with Crippen LogP contribution in [0.25, 0.3) is 0 Å². The van der Waals surface area contributed by atoms with Gasteiger partial charge in [0.25, 0.3) is 5.91 Å². The highest BCUT2D eigenvalue weighted by molar-refractivity contribution is 7.10. The molecule has 124 valence electrons. The minimum atomic E-state index is 0. The van der Waals surface area contributed by atoms with E-state index in [0.29, 0.717) is 12.6 Å². The lowest BCUT2D eigenvalue weighted by Crippen LogP contribution is -2.36. The smallest absolute Gasteiger partial charge is 0.251 e. The fourth-order valence-corrected chi connectivity index (χ4v) is 3.88. The second-order valence-electron chi connectivity index (χ2n) is 5.85. The predicted octanol–water partition coefficient (Wildman–Crippen LogP) is 4.05. The van der Waals surface area contributed by atoms with Gasteiger partial charge in [0.05, 0.1) is 6.04 Å². The Bertz CT molecular complexity index is 624. The van der Waals surface area contributed by atoms with Gasteiger partial charge in [-0.2, -0.15) is 0 Å². The van der Waals surface area contributed by atoms with Crippen LogP contribution < -0.4 is 5.32 Å². The zero-order valence-corrected chi connectivity index (χ0v) is 15.0. The van der Waals surface area contributed by atoms with E-state index in [-0.39, 0.29) is 18.3 Å². The molecule has 1 N–H and O–H groups in total. The topological polar surface area (TPSA) is 32.3 Å². The Morgan fingerprint density at radius 2 is 2.04 bits per heavy atom. The number of halogens is 1. The van der Waals surface area contributed by atoms with E-state index in [9.17, 15) is 4.79 Å². The molecule has 1 aliphatic heterocycles. The van der Waals surface area contributed by atoms with E-state index >= 15 is 0 Å². The summed E-state index contributed by atoms with van der Waals surface area (Å²) >= 11 is 1.77. The molecule has 1 aliphatic rings. The lowest BCUT2D eigenvalue weighted by Gasteiger charge is -2.27. The molecule has 0 spiro atoms. The average Bonchev–Trinajstić information content (AvgIpc) is 3.21. The molecular formula is C18H23ClN2OS. The Morgan fingerprint density at radius 3 is 2.70 bits per heavy atom. The third kappa shape index (κ3) is 4.56. The van der Waals surface area contributed by atoms with Crippen LogP contribution in [0.2, 0.25) is 0 Å². The van der Waals surface area contributed by atoms with Gasteiger partial charge in [-0.25, -0.2) is 0 Å². The number of nitrogens with one attached hydrogen (secondary N) is 1. The number of amides is 1. The highest BCUT2D eigenvalue weighted by Crippen LogP contribution is 2.27. The van der Waals surface area contributed by atoms with Gasteiger partial charge in [-0.15, -0.1) is 23.7 Å². The molecule has 1 aromatic carbocycles. The molecule has 1 saturated heterocycles. The second-order valence-corrected chi connectivity index (χ2v) is 6.83. The van der Waals surface area contributed by atoms with Crippen molar-refractivity contribution in [3.63, 3.8) is 0 Å². The first-order chi connectivity index (χ1) is 10.7. The zero-order valence-electron chi connectivity index (χ0n) is 13.3. The molecule has 2 heterocycles. The molecule has 0 saturated carbocycles. The monoisotopic (exact) mass is 350 g/mol. The van der Waals surface area contributed by atoms with Crippen LogP contribution in [-0.4, -0.2) is 30.4 Å². The number of thiophene rings is 1. The van der Waals surface area contributed by atoms with Crippen LogP contribution in [0.3, 0.4) is 0 Å². The van der Waals surface area contributed by atoms with E-state index in [4.69, 9.17) is 0 Å². The van der Waals surface area contributed by atoms with Gasteiger partial charge in [-0.1, -0.05) is 23.8 Å². The lowest BCUT2D eigenvalue weighted by atomic mass is 10.1. The molecule has 1 aromatic heterocycles. The molecule has 1 atom stereocenters. The molecule has 1 fully saturated rings. The summed E-state index contributed by atoms with van der Waals surface area (Å²) in [7, 11) is 0. The zero-order chi connectivity index (χ0) is 15.4. The van der Waals surface area contributed by atoms with Crippen LogP contribution in [0.4, 0.5) is 0 Å². The number of carbonyl (C=O) groups is 1. The first-order valence-corrected chi connectivity index (χ1v) is 8.74. The van der Waals surface area contributed by atoms with Crippen LogP contribution >= 0.6 is 23.7 Å². The second kappa shape index (κ2) is 8.48. The van der Waals surface area contributed by atoms with Crippen LogP contribution in [0, 0.1) is 6.92 Å². The number of hydrogen-bond acceptors (Lipinski definition) is 3. The molecule has 2 aromatic rings. The molecular weight excluding hydrogens is 328 g/mol. The van der Waals surface area contributed by atoms with Crippen molar-refractivity contribution in [2.45, 2.75) is 25.8 Å². The summed E-state index contributed by atoms with van der Waals surface area (Å²) in [6.07, 6.45) is 2.52. The van der Waals surface area contributed by atoms with Crippen LogP contribution in [-0.2, 0) is 0 Å². The van der Waals surface area contributed by atoms with Crippen molar-refractivity contribution in [2.75, 3.05) is 19.6 Å². The van der Waals surface area contributed by atoms with Crippen LogP contribution in [0.15, 0.2) is 41.8 Å². The molecule has 0 aliphatic carbocycles. The molecule has 3 rings (SSSR count).